The number of aromatic nitrogens is 1. The molecule has 2 aromatic carbocycles. The molecule has 0 aliphatic carbocycles. The zero-order chi connectivity index (χ0) is 19.9. The molecule has 140 valence electrons. The summed E-state index contributed by atoms with van der Waals surface area (Å²) in [5.41, 5.74) is 2.54. The smallest absolute Gasteiger partial charge is 0.357 e. The molecule has 0 N–H and O–H groups in total. The quantitative estimate of drug-likeness (QED) is 0.616. The number of carbonyl (C=O) groups excluding carboxylic acids is 2. The van der Waals surface area contributed by atoms with Gasteiger partial charge in [0.2, 0.25) is 0 Å². The molecule has 0 atom stereocenters. The van der Waals surface area contributed by atoms with Gasteiger partial charge in [0.25, 0.3) is 5.91 Å². The SMILES string of the molecule is Cc1ccc(N(CCC#N)C(=O)COC(=O)c2ccc3ccccc3n2)cc1. The molecular weight excluding hydrogens is 354 g/mol. The van der Waals surface area contributed by atoms with Crippen molar-refractivity contribution in [1.82, 2.24) is 4.98 Å². The van der Waals surface area contributed by atoms with Gasteiger partial charge in [-0.05, 0) is 31.2 Å². The second-order valence-electron chi connectivity index (χ2n) is 6.25. The Bertz CT molecular complexity index is 1040. The van der Waals surface area contributed by atoms with Gasteiger partial charge in [-0.1, -0.05) is 42.0 Å². The third-order valence-corrected chi connectivity index (χ3v) is 4.23. The Morgan fingerprint density at radius 2 is 1.82 bits per heavy atom. The van der Waals surface area contributed by atoms with Gasteiger partial charge in [0, 0.05) is 17.6 Å². The minimum atomic E-state index is -0.664. The second kappa shape index (κ2) is 8.78. The molecule has 1 amide bonds. The second-order valence-corrected chi connectivity index (χ2v) is 6.25. The topological polar surface area (TPSA) is 83.3 Å². The Kier molecular flexibility index (Phi) is 5.97. The number of ether oxygens (including phenoxy) is 1. The lowest BCUT2D eigenvalue weighted by Gasteiger charge is -2.21. The van der Waals surface area contributed by atoms with Gasteiger partial charge >= 0.3 is 5.97 Å². The third-order valence-electron chi connectivity index (χ3n) is 4.23. The first-order chi connectivity index (χ1) is 13.6. The van der Waals surface area contributed by atoms with Crippen LogP contribution in [0.25, 0.3) is 10.9 Å². The Morgan fingerprint density at radius 3 is 2.57 bits per heavy atom. The van der Waals surface area contributed by atoms with E-state index in [0.717, 1.165) is 10.9 Å². The normalized spacial score (nSPS) is 10.3. The number of anilines is 1. The van der Waals surface area contributed by atoms with Crippen molar-refractivity contribution in [3.63, 3.8) is 0 Å². The molecule has 28 heavy (non-hydrogen) atoms. The number of fused-ring (bicyclic) bond motifs is 1. The first-order valence-electron chi connectivity index (χ1n) is 8.85. The van der Waals surface area contributed by atoms with Gasteiger partial charge < -0.3 is 9.64 Å². The summed E-state index contributed by atoms with van der Waals surface area (Å²) in [6, 6.07) is 20.2. The van der Waals surface area contributed by atoms with Crippen LogP contribution in [0.15, 0.2) is 60.7 Å². The third kappa shape index (κ3) is 4.51. The van der Waals surface area contributed by atoms with Crippen molar-refractivity contribution in [2.24, 2.45) is 0 Å². The van der Waals surface area contributed by atoms with Crippen molar-refractivity contribution >= 4 is 28.5 Å². The minimum absolute atomic E-state index is 0.144. The number of rotatable bonds is 6. The van der Waals surface area contributed by atoms with Gasteiger partial charge in [0.15, 0.2) is 6.61 Å². The van der Waals surface area contributed by atoms with Crippen LogP contribution in [0.1, 0.15) is 22.5 Å². The van der Waals surface area contributed by atoms with E-state index in [2.05, 4.69) is 4.98 Å². The highest BCUT2D eigenvalue weighted by atomic mass is 16.5. The zero-order valence-electron chi connectivity index (χ0n) is 15.5. The van der Waals surface area contributed by atoms with E-state index in [0.29, 0.717) is 11.2 Å². The number of hydrogen-bond acceptors (Lipinski definition) is 5. The largest absolute Gasteiger partial charge is 0.451 e. The Hall–Kier alpha value is -3.72. The van der Waals surface area contributed by atoms with E-state index in [9.17, 15) is 9.59 Å². The van der Waals surface area contributed by atoms with Crippen LogP contribution < -0.4 is 4.90 Å². The molecule has 0 aliphatic heterocycles. The lowest BCUT2D eigenvalue weighted by atomic mass is 10.2. The Balaban J connectivity index is 1.69. The summed E-state index contributed by atoms with van der Waals surface area (Å²) in [5.74, 6) is -1.06. The maximum absolute atomic E-state index is 12.6. The number of para-hydroxylation sites is 1. The summed E-state index contributed by atoms with van der Waals surface area (Å²) in [6.07, 6.45) is 0.180. The Morgan fingerprint density at radius 1 is 1.07 bits per heavy atom. The van der Waals surface area contributed by atoms with Gasteiger partial charge in [0.05, 0.1) is 18.0 Å². The van der Waals surface area contributed by atoms with Crippen molar-refractivity contribution in [2.45, 2.75) is 13.3 Å². The first kappa shape index (κ1) is 19.1. The summed E-state index contributed by atoms with van der Waals surface area (Å²) >= 11 is 0. The number of pyridine rings is 1. The highest BCUT2D eigenvalue weighted by Gasteiger charge is 2.18. The first-order valence-corrected chi connectivity index (χ1v) is 8.85. The molecule has 6 nitrogen and oxygen atoms in total. The van der Waals surface area contributed by atoms with Crippen molar-refractivity contribution in [2.75, 3.05) is 18.1 Å². The van der Waals surface area contributed by atoms with Gasteiger partial charge in [-0.3, -0.25) is 4.79 Å². The molecule has 0 spiro atoms. The fourth-order valence-electron chi connectivity index (χ4n) is 2.74. The van der Waals surface area contributed by atoms with Crippen molar-refractivity contribution in [1.29, 1.82) is 5.26 Å². The summed E-state index contributed by atoms with van der Waals surface area (Å²) in [6.45, 7) is 1.75. The molecule has 0 aliphatic rings. The highest BCUT2D eigenvalue weighted by molar-refractivity contribution is 5.97. The van der Waals surface area contributed by atoms with E-state index < -0.39 is 18.5 Å². The number of nitrogens with zero attached hydrogens (tertiary/aromatic N) is 3. The monoisotopic (exact) mass is 373 g/mol. The number of amides is 1. The van der Waals surface area contributed by atoms with E-state index >= 15 is 0 Å². The lowest BCUT2D eigenvalue weighted by molar-refractivity contribution is -0.121. The molecule has 0 saturated heterocycles. The molecule has 0 saturated carbocycles. The van der Waals surface area contributed by atoms with E-state index in [1.807, 2.05) is 43.3 Å². The standard InChI is InChI=1S/C22H19N3O3/c1-16-7-10-18(11-8-16)25(14-4-13-23)21(26)15-28-22(27)20-12-9-17-5-2-3-6-19(17)24-20/h2-3,5-12H,4,14-15H2,1H3. The number of aryl methyl sites for hydroxylation is 1. The summed E-state index contributed by atoms with van der Waals surface area (Å²) < 4.78 is 5.17. The number of benzene rings is 2. The zero-order valence-corrected chi connectivity index (χ0v) is 15.5. The lowest BCUT2D eigenvalue weighted by Crippen LogP contribution is -2.35. The number of carbonyl (C=O) groups is 2. The fraction of sp³-hybridized carbons (Fsp3) is 0.182. The van der Waals surface area contributed by atoms with E-state index in [-0.39, 0.29) is 18.7 Å². The molecule has 1 aromatic heterocycles. The van der Waals surface area contributed by atoms with Crippen LogP contribution in [-0.4, -0.2) is 30.0 Å². The van der Waals surface area contributed by atoms with Crippen LogP contribution in [0.5, 0.6) is 0 Å². The van der Waals surface area contributed by atoms with Crippen molar-refractivity contribution in [3.05, 3.63) is 71.9 Å². The molecule has 0 bridgehead atoms. The van der Waals surface area contributed by atoms with E-state index in [4.69, 9.17) is 10.00 Å². The summed E-state index contributed by atoms with van der Waals surface area (Å²) in [7, 11) is 0. The number of esters is 1. The average Bonchev–Trinajstić information content (AvgIpc) is 2.73. The molecule has 6 heteroatoms. The number of hydrogen-bond donors (Lipinski definition) is 0. The minimum Gasteiger partial charge on any atom is -0.451 e. The maximum atomic E-state index is 12.6. The molecule has 0 fully saturated rings. The van der Waals surface area contributed by atoms with E-state index in [1.165, 1.54) is 4.90 Å². The maximum Gasteiger partial charge on any atom is 0.357 e. The summed E-state index contributed by atoms with van der Waals surface area (Å²) in [5, 5.41) is 9.77. The predicted molar refractivity (Wildman–Crippen MR) is 106 cm³/mol. The molecular formula is C22H19N3O3. The molecule has 1 heterocycles. The van der Waals surface area contributed by atoms with Gasteiger partial charge in [-0.2, -0.15) is 5.26 Å². The van der Waals surface area contributed by atoms with Crippen molar-refractivity contribution in [3.8, 4) is 6.07 Å². The predicted octanol–water partition coefficient (Wildman–Crippen LogP) is 3.65. The number of nitriles is 1. The Labute approximate surface area is 163 Å². The van der Waals surface area contributed by atoms with Crippen LogP contribution in [0.3, 0.4) is 0 Å². The van der Waals surface area contributed by atoms with Gasteiger partial charge in [0.1, 0.15) is 5.69 Å². The fourth-order valence-corrected chi connectivity index (χ4v) is 2.74. The summed E-state index contributed by atoms with van der Waals surface area (Å²) in [4.78, 5) is 30.6. The van der Waals surface area contributed by atoms with Gasteiger partial charge in [-0.15, -0.1) is 0 Å². The van der Waals surface area contributed by atoms with Crippen LogP contribution in [-0.2, 0) is 9.53 Å². The van der Waals surface area contributed by atoms with E-state index in [1.54, 1.807) is 30.3 Å². The van der Waals surface area contributed by atoms with Crippen LogP contribution >= 0.6 is 0 Å². The van der Waals surface area contributed by atoms with Gasteiger partial charge in [-0.25, -0.2) is 9.78 Å². The van der Waals surface area contributed by atoms with Crippen LogP contribution in [0.2, 0.25) is 0 Å². The van der Waals surface area contributed by atoms with Crippen LogP contribution in [0.4, 0.5) is 5.69 Å². The molecule has 0 unspecified atom stereocenters. The highest BCUT2D eigenvalue weighted by Crippen LogP contribution is 2.16. The average molecular weight is 373 g/mol. The van der Waals surface area contributed by atoms with Crippen LogP contribution in [0, 0.1) is 18.3 Å². The van der Waals surface area contributed by atoms with Crippen molar-refractivity contribution < 1.29 is 14.3 Å². The molecule has 3 aromatic rings. The molecule has 3 rings (SSSR count). The molecule has 0 radical (unpaired) electrons.